The molecule has 1 atom stereocenters. The van der Waals surface area contributed by atoms with Gasteiger partial charge in [-0.15, -0.1) is 0 Å². The minimum absolute atomic E-state index is 0.140. The van der Waals surface area contributed by atoms with Crippen molar-refractivity contribution in [3.8, 4) is 16.9 Å². The molecule has 1 aliphatic rings. The van der Waals surface area contributed by atoms with E-state index in [-0.39, 0.29) is 5.97 Å². The van der Waals surface area contributed by atoms with Crippen molar-refractivity contribution in [2.75, 3.05) is 26.7 Å². The predicted octanol–water partition coefficient (Wildman–Crippen LogP) is 5.92. The number of fused-ring (bicyclic) bond motifs is 1. The summed E-state index contributed by atoms with van der Waals surface area (Å²) in [6, 6.07) is 25.6. The quantitative estimate of drug-likeness (QED) is 0.354. The van der Waals surface area contributed by atoms with Crippen molar-refractivity contribution in [1.82, 2.24) is 4.90 Å². The number of rotatable bonds is 10. The first-order valence-corrected chi connectivity index (χ1v) is 12.3. The first kappa shape index (κ1) is 24.0. The second-order valence-electron chi connectivity index (χ2n) is 9.22. The molecule has 0 spiro atoms. The molecule has 0 aliphatic heterocycles. The summed E-state index contributed by atoms with van der Waals surface area (Å²) in [4.78, 5) is 13.7. The van der Waals surface area contributed by atoms with Gasteiger partial charge < -0.3 is 9.47 Å². The van der Waals surface area contributed by atoms with Crippen molar-refractivity contribution >= 4 is 5.97 Å². The Hall–Kier alpha value is -3.11. The highest BCUT2D eigenvalue weighted by Crippen LogP contribution is 2.30. The SMILES string of the molecule is CCOC(=O)CN(C)CCC1CCc2cc(OCc3ccc(-c4ccccc4)cc3)ccc2C1. The lowest BCUT2D eigenvalue weighted by Crippen LogP contribution is -2.30. The molecule has 0 aromatic heterocycles. The fraction of sp³-hybridized carbons (Fsp3) is 0.367. The van der Waals surface area contributed by atoms with E-state index in [9.17, 15) is 4.79 Å². The number of nitrogens with zero attached hydrogens (tertiary/aromatic N) is 1. The van der Waals surface area contributed by atoms with Crippen LogP contribution in [-0.4, -0.2) is 37.6 Å². The molecule has 0 fully saturated rings. The number of likely N-dealkylation sites (N-methyl/N-ethyl adjacent to an activating group) is 1. The van der Waals surface area contributed by atoms with E-state index in [0.717, 1.165) is 31.6 Å². The van der Waals surface area contributed by atoms with Crippen LogP contribution in [0.4, 0.5) is 0 Å². The summed E-state index contributed by atoms with van der Waals surface area (Å²) in [6.45, 7) is 4.15. The van der Waals surface area contributed by atoms with E-state index in [1.54, 1.807) is 0 Å². The van der Waals surface area contributed by atoms with Crippen molar-refractivity contribution in [2.24, 2.45) is 5.92 Å². The van der Waals surface area contributed by atoms with Crippen LogP contribution in [0.25, 0.3) is 11.1 Å². The molecule has 0 bridgehead atoms. The number of carbonyl (C=O) groups is 1. The van der Waals surface area contributed by atoms with Crippen molar-refractivity contribution in [2.45, 2.75) is 39.2 Å². The number of benzene rings is 3. The molecular formula is C30H35NO3. The summed E-state index contributed by atoms with van der Waals surface area (Å²) < 4.78 is 11.2. The average Bonchev–Trinajstić information content (AvgIpc) is 2.87. The Kier molecular flexibility index (Phi) is 8.37. The third kappa shape index (κ3) is 6.71. The van der Waals surface area contributed by atoms with Gasteiger partial charge in [0.2, 0.25) is 0 Å². The second-order valence-corrected chi connectivity index (χ2v) is 9.22. The van der Waals surface area contributed by atoms with Gasteiger partial charge in [-0.25, -0.2) is 0 Å². The summed E-state index contributed by atoms with van der Waals surface area (Å²) in [5.41, 5.74) is 6.47. The van der Waals surface area contributed by atoms with E-state index >= 15 is 0 Å². The highest BCUT2D eigenvalue weighted by atomic mass is 16.5. The first-order valence-electron chi connectivity index (χ1n) is 12.3. The summed E-state index contributed by atoms with van der Waals surface area (Å²) in [7, 11) is 1.99. The maximum absolute atomic E-state index is 11.6. The number of hydrogen-bond donors (Lipinski definition) is 0. The highest BCUT2D eigenvalue weighted by Gasteiger charge is 2.20. The van der Waals surface area contributed by atoms with Gasteiger partial charge in [0.15, 0.2) is 0 Å². The predicted molar refractivity (Wildman–Crippen MR) is 137 cm³/mol. The molecule has 1 unspecified atom stereocenters. The fourth-order valence-corrected chi connectivity index (χ4v) is 4.64. The molecule has 0 N–H and O–H groups in total. The molecule has 4 rings (SSSR count). The number of esters is 1. The monoisotopic (exact) mass is 457 g/mol. The minimum atomic E-state index is -0.140. The van der Waals surface area contributed by atoms with E-state index in [2.05, 4.69) is 71.6 Å². The molecule has 3 aromatic carbocycles. The van der Waals surface area contributed by atoms with Gasteiger partial charge in [-0.05, 0) is 92.1 Å². The van der Waals surface area contributed by atoms with Gasteiger partial charge in [0.25, 0.3) is 0 Å². The van der Waals surface area contributed by atoms with Crippen LogP contribution in [0.15, 0.2) is 72.8 Å². The summed E-state index contributed by atoms with van der Waals surface area (Å²) in [5, 5.41) is 0. The van der Waals surface area contributed by atoms with E-state index in [1.807, 2.05) is 20.0 Å². The van der Waals surface area contributed by atoms with Gasteiger partial charge in [0.1, 0.15) is 12.4 Å². The molecule has 4 heteroatoms. The van der Waals surface area contributed by atoms with Gasteiger partial charge in [-0.2, -0.15) is 0 Å². The third-order valence-electron chi connectivity index (χ3n) is 6.60. The Morgan fingerprint density at radius 3 is 2.50 bits per heavy atom. The van der Waals surface area contributed by atoms with Crippen LogP contribution < -0.4 is 4.74 Å². The lowest BCUT2D eigenvalue weighted by molar-refractivity contribution is -0.144. The smallest absolute Gasteiger partial charge is 0.320 e. The van der Waals surface area contributed by atoms with Crippen LogP contribution in [-0.2, 0) is 29.0 Å². The zero-order valence-electron chi connectivity index (χ0n) is 20.3. The number of hydrogen-bond acceptors (Lipinski definition) is 4. The topological polar surface area (TPSA) is 38.8 Å². The largest absolute Gasteiger partial charge is 0.489 e. The molecule has 0 amide bonds. The molecule has 1 aliphatic carbocycles. The van der Waals surface area contributed by atoms with Crippen molar-refractivity contribution in [3.63, 3.8) is 0 Å². The van der Waals surface area contributed by atoms with Crippen LogP contribution >= 0.6 is 0 Å². The Morgan fingerprint density at radius 2 is 1.74 bits per heavy atom. The maximum atomic E-state index is 11.6. The molecule has 0 saturated carbocycles. The average molecular weight is 458 g/mol. The molecule has 0 heterocycles. The molecule has 4 nitrogen and oxygen atoms in total. The van der Waals surface area contributed by atoms with Gasteiger partial charge in [0.05, 0.1) is 13.2 Å². The Labute approximate surface area is 203 Å². The van der Waals surface area contributed by atoms with Gasteiger partial charge in [-0.1, -0.05) is 60.7 Å². The van der Waals surface area contributed by atoms with Crippen molar-refractivity contribution in [3.05, 3.63) is 89.5 Å². The van der Waals surface area contributed by atoms with Crippen LogP contribution in [0.5, 0.6) is 5.75 Å². The Morgan fingerprint density at radius 1 is 0.971 bits per heavy atom. The first-order chi connectivity index (χ1) is 16.6. The van der Waals surface area contributed by atoms with Crippen molar-refractivity contribution < 1.29 is 14.3 Å². The van der Waals surface area contributed by atoms with Gasteiger partial charge >= 0.3 is 5.97 Å². The van der Waals surface area contributed by atoms with Crippen LogP contribution in [0.2, 0.25) is 0 Å². The summed E-state index contributed by atoms with van der Waals surface area (Å²) in [5.74, 6) is 1.46. The molecule has 0 saturated heterocycles. The zero-order chi connectivity index (χ0) is 23.8. The molecule has 34 heavy (non-hydrogen) atoms. The van der Waals surface area contributed by atoms with E-state index in [1.165, 1.54) is 34.2 Å². The fourth-order valence-electron chi connectivity index (χ4n) is 4.64. The van der Waals surface area contributed by atoms with E-state index in [0.29, 0.717) is 25.7 Å². The minimum Gasteiger partial charge on any atom is -0.489 e. The molecule has 0 radical (unpaired) electrons. The van der Waals surface area contributed by atoms with Gasteiger partial charge in [-0.3, -0.25) is 9.69 Å². The Balaban J connectivity index is 1.26. The normalized spacial score (nSPS) is 15.1. The molecule has 178 valence electrons. The second kappa shape index (κ2) is 11.8. The third-order valence-corrected chi connectivity index (χ3v) is 6.60. The highest BCUT2D eigenvalue weighted by molar-refractivity contribution is 5.71. The Bertz CT molecular complexity index is 1060. The summed E-state index contributed by atoms with van der Waals surface area (Å²) in [6.07, 6.45) is 4.48. The van der Waals surface area contributed by atoms with Gasteiger partial charge in [0, 0.05) is 0 Å². The number of aryl methyl sites for hydroxylation is 1. The van der Waals surface area contributed by atoms with E-state index in [4.69, 9.17) is 9.47 Å². The summed E-state index contributed by atoms with van der Waals surface area (Å²) >= 11 is 0. The number of ether oxygens (including phenoxy) is 2. The van der Waals surface area contributed by atoms with Crippen LogP contribution in [0, 0.1) is 5.92 Å². The zero-order valence-corrected chi connectivity index (χ0v) is 20.3. The van der Waals surface area contributed by atoms with Crippen LogP contribution in [0.1, 0.15) is 36.5 Å². The lowest BCUT2D eigenvalue weighted by Gasteiger charge is -2.26. The number of carbonyl (C=O) groups excluding carboxylic acids is 1. The molecular weight excluding hydrogens is 422 g/mol. The standard InChI is InChI=1S/C30H35NO3/c1-3-33-30(32)21-31(2)18-17-23-9-14-28-20-29(16-15-27(28)19-23)34-22-24-10-12-26(13-11-24)25-7-5-4-6-8-25/h4-8,10-13,15-16,20,23H,3,9,14,17-19,21-22H2,1-2H3. The molecule has 3 aromatic rings. The van der Waals surface area contributed by atoms with Crippen LogP contribution in [0.3, 0.4) is 0 Å². The lowest BCUT2D eigenvalue weighted by atomic mass is 9.82. The van der Waals surface area contributed by atoms with Crippen molar-refractivity contribution in [1.29, 1.82) is 0 Å². The van der Waals surface area contributed by atoms with E-state index < -0.39 is 0 Å². The maximum Gasteiger partial charge on any atom is 0.320 e.